The van der Waals surface area contributed by atoms with Gasteiger partial charge in [0.15, 0.2) is 0 Å². The summed E-state index contributed by atoms with van der Waals surface area (Å²) in [5.41, 5.74) is 1.52. The van der Waals surface area contributed by atoms with Gasteiger partial charge in [-0.2, -0.15) is 0 Å². The maximum Gasteiger partial charge on any atom is 0.273 e. The second-order valence-electron chi connectivity index (χ2n) is 8.79. The third-order valence-corrected chi connectivity index (χ3v) is 5.57. The van der Waals surface area contributed by atoms with E-state index in [-0.39, 0.29) is 21.8 Å². The van der Waals surface area contributed by atoms with Gasteiger partial charge in [-0.1, -0.05) is 71.4 Å². The van der Waals surface area contributed by atoms with Gasteiger partial charge in [0.1, 0.15) is 5.78 Å². The Morgan fingerprint density at radius 2 is 1.77 bits per heavy atom. The van der Waals surface area contributed by atoms with Crippen LogP contribution in [0.25, 0.3) is 0 Å². The summed E-state index contributed by atoms with van der Waals surface area (Å²) < 4.78 is 0. The number of hydrogen-bond acceptors (Lipinski definition) is 3. The summed E-state index contributed by atoms with van der Waals surface area (Å²) in [6, 6.07) is 5.44. The second-order valence-corrected chi connectivity index (χ2v) is 8.79. The molecule has 0 radical (unpaired) electrons. The van der Waals surface area contributed by atoms with Crippen molar-refractivity contribution in [3.63, 3.8) is 0 Å². The second kappa shape index (κ2) is 9.29. The molecule has 1 aromatic carbocycles. The average Bonchev–Trinajstić information content (AvgIpc) is 2.85. The lowest BCUT2D eigenvalue weighted by Crippen LogP contribution is -2.14. The van der Waals surface area contributed by atoms with E-state index in [4.69, 9.17) is 0 Å². The number of benzene rings is 1. The van der Waals surface area contributed by atoms with Crippen molar-refractivity contribution in [1.82, 2.24) is 0 Å². The van der Waals surface area contributed by atoms with Crippen LogP contribution in [0.4, 0.5) is 5.69 Å². The molecular formula is C22H33NO3. The van der Waals surface area contributed by atoms with E-state index in [1.54, 1.807) is 6.07 Å². The normalized spacial score (nSPS) is 16.3. The van der Waals surface area contributed by atoms with Crippen LogP contribution in [-0.2, 0) is 16.6 Å². The molecule has 0 spiro atoms. The number of nitrogens with zero attached hydrogens (tertiary/aromatic N) is 1. The molecule has 0 aromatic heterocycles. The molecule has 1 fully saturated rings. The van der Waals surface area contributed by atoms with Crippen LogP contribution in [0.15, 0.2) is 18.2 Å². The van der Waals surface area contributed by atoms with Crippen molar-refractivity contribution in [1.29, 1.82) is 0 Å². The maximum absolute atomic E-state index is 12.3. The van der Waals surface area contributed by atoms with Gasteiger partial charge in [-0.15, -0.1) is 0 Å². The van der Waals surface area contributed by atoms with Crippen LogP contribution in [-0.4, -0.2) is 10.7 Å². The summed E-state index contributed by atoms with van der Waals surface area (Å²) in [6.07, 6.45) is 10.6. The average molecular weight is 360 g/mol. The SMILES string of the molecule is CC(C)(C)c1ccc(CCC(=O)CCC2CCCCCC2)cc1[N+](=O)[O-]. The van der Waals surface area contributed by atoms with Crippen LogP contribution in [0.1, 0.15) is 89.7 Å². The number of ketones is 1. The number of hydrogen-bond donors (Lipinski definition) is 0. The highest BCUT2D eigenvalue weighted by Crippen LogP contribution is 2.32. The summed E-state index contributed by atoms with van der Waals surface area (Å²) in [6.45, 7) is 5.93. The number of Topliss-reactive ketones (excluding diaryl/α,β-unsaturated/α-hetero) is 1. The predicted molar refractivity (Wildman–Crippen MR) is 106 cm³/mol. The van der Waals surface area contributed by atoms with Gasteiger partial charge in [-0.3, -0.25) is 14.9 Å². The van der Waals surface area contributed by atoms with Gasteiger partial charge in [0.05, 0.1) is 4.92 Å². The van der Waals surface area contributed by atoms with E-state index in [1.165, 1.54) is 38.5 Å². The third-order valence-electron chi connectivity index (χ3n) is 5.57. The van der Waals surface area contributed by atoms with Crippen molar-refractivity contribution in [2.24, 2.45) is 5.92 Å². The largest absolute Gasteiger partial charge is 0.300 e. The molecule has 0 bridgehead atoms. The fraction of sp³-hybridized carbons (Fsp3) is 0.682. The summed E-state index contributed by atoms with van der Waals surface area (Å²) >= 11 is 0. The highest BCUT2D eigenvalue weighted by atomic mass is 16.6. The zero-order valence-corrected chi connectivity index (χ0v) is 16.6. The van der Waals surface area contributed by atoms with Crippen LogP contribution in [0.5, 0.6) is 0 Å². The first-order valence-corrected chi connectivity index (χ1v) is 10.1. The van der Waals surface area contributed by atoms with E-state index < -0.39 is 0 Å². The van der Waals surface area contributed by atoms with Crippen molar-refractivity contribution >= 4 is 11.5 Å². The Balaban J connectivity index is 1.89. The van der Waals surface area contributed by atoms with Crippen molar-refractivity contribution < 1.29 is 9.72 Å². The molecule has 2 rings (SSSR count). The molecule has 4 nitrogen and oxygen atoms in total. The van der Waals surface area contributed by atoms with Crippen LogP contribution in [0.3, 0.4) is 0 Å². The zero-order chi connectivity index (χ0) is 19.2. The molecule has 0 unspecified atom stereocenters. The molecule has 1 saturated carbocycles. The highest BCUT2D eigenvalue weighted by Gasteiger charge is 2.25. The van der Waals surface area contributed by atoms with E-state index in [9.17, 15) is 14.9 Å². The number of carbonyl (C=O) groups excluding carboxylic acids is 1. The Morgan fingerprint density at radius 3 is 2.35 bits per heavy atom. The third kappa shape index (κ3) is 6.22. The number of rotatable bonds is 7. The number of aryl methyl sites for hydroxylation is 1. The van der Waals surface area contributed by atoms with Crippen LogP contribution < -0.4 is 0 Å². The Kier molecular flexibility index (Phi) is 7.36. The Bertz CT molecular complexity index is 623. The summed E-state index contributed by atoms with van der Waals surface area (Å²) in [5, 5.41) is 11.4. The van der Waals surface area contributed by atoms with E-state index in [1.807, 2.05) is 32.9 Å². The van der Waals surface area contributed by atoms with Gasteiger partial charge >= 0.3 is 0 Å². The number of carbonyl (C=O) groups is 1. The van der Waals surface area contributed by atoms with Gasteiger partial charge in [-0.05, 0) is 29.7 Å². The zero-order valence-electron chi connectivity index (χ0n) is 16.6. The lowest BCUT2D eigenvalue weighted by atomic mass is 9.85. The van der Waals surface area contributed by atoms with Crippen LogP contribution in [0.2, 0.25) is 0 Å². The van der Waals surface area contributed by atoms with E-state index in [0.717, 1.165) is 17.5 Å². The summed E-state index contributed by atoms with van der Waals surface area (Å²) in [5.74, 6) is 1.01. The standard InChI is InChI=1S/C22H33NO3/c1-22(2,3)20-15-12-18(16-21(20)23(25)26)11-14-19(24)13-10-17-8-6-4-5-7-9-17/h12,15-17H,4-11,13-14H2,1-3H3. The van der Waals surface area contributed by atoms with Crippen molar-refractivity contribution in [3.05, 3.63) is 39.4 Å². The van der Waals surface area contributed by atoms with E-state index in [0.29, 0.717) is 25.2 Å². The smallest absolute Gasteiger partial charge is 0.273 e. The number of nitro benzene ring substituents is 1. The molecule has 0 aliphatic heterocycles. The Labute approximate surface area is 157 Å². The first-order valence-electron chi connectivity index (χ1n) is 10.1. The molecule has 1 aromatic rings. The summed E-state index contributed by atoms with van der Waals surface area (Å²) in [7, 11) is 0. The fourth-order valence-corrected chi connectivity index (χ4v) is 3.94. The van der Waals surface area contributed by atoms with Crippen LogP contribution in [0, 0.1) is 16.0 Å². The topological polar surface area (TPSA) is 60.2 Å². The first-order chi connectivity index (χ1) is 12.3. The quantitative estimate of drug-likeness (QED) is 0.333. The van der Waals surface area contributed by atoms with Gasteiger partial charge in [0.25, 0.3) is 5.69 Å². The van der Waals surface area contributed by atoms with Crippen molar-refractivity contribution in [2.45, 2.75) is 90.4 Å². The summed E-state index contributed by atoms with van der Waals surface area (Å²) in [4.78, 5) is 23.4. The molecule has 0 atom stereocenters. The van der Waals surface area contributed by atoms with E-state index >= 15 is 0 Å². The van der Waals surface area contributed by atoms with Crippen LogP contribution >= 0.6 is 0 Å². The molecule has 0 saturated heterocycles. The van der Waals surface area contributed by atoms with Crippen molar-refractivity contribution in [2.75, 3.05) is 0 Å². The van der Waals surface area contributed by atoms with Crippen molar-refractivity contribution in [3.8, 4) is 0 Å². The lowest BCUT2D eigenvalue weighted by molar-refractivity contribution is -0.386. The fourth-order valence-electron chi connectivity index (χ4n) is 3.94. The van der Waals surface area contributed by atoms with Gasteiger partial charge in [-0.25, -0.2) is 0 Å². The molecular weight excluding hydrogens is 326 g/mol. The predicted octanol–water partition coefficient (Wildman–Crippen LogP) is 6.14. The first kappa shape index (κ1) is 20.6. The monoisotopic (exact) mass is 359 g/mol. The minimum atomic E-state index is -0.308. The number of nitro groups is 1. The van der Waals surface area contributed by atoms with Gasteiger partial charge in [0, 0.05) is 24.5 Å². The molecule has 144 valence electrons. The minimum Gasteiger partial charge on any atom is -0.300 e. The van der Waals surface area contributed by atoms with Gasteiger partial charge in [0.2, 0.25) is 0 Å². The molecule has 1 aliphatic rings. The Hall–Kier alpha value is -1.71. The molecule has 0 amide bonds. The highest BCUT2D eigenvalue weighted by molar-refractivity contribution is 5.78. The molecule has 0 N–H and O–H groups in total. The van der Waals surface area contributed by atoms with Gasteiger partial charge < -0.3 is 0 Å². The molecule has 0 heterocycles. The van der Waals surface area contributed by atoms with E-state index in [2.05, 4.69) is 0 Å². The maximum atomic E-state index is 12.3. The minimum absolute atomic E-state index is 0.168. The molecule has 26 heavy (non-hydrogen) atoms. The Morgan fingerprint density at radius 1 is 1.12 bits per heavy atom. The molecule has 1 aliphatic carbocycles. The molecule has 4 heteroatoms. The lowest BCUT2D eigenvalue weighted by Gasteiger charge is -2.19.